The monoisotopic (exact) mass is 925 g/mol. The number of hydrogen-bond acceptors (Lipinski definition) is 10. The van der Waals surface area contributed by atoms with Crippen molar-refractivity contribution in [3.8, 4) is 0 Å². The highest BCUT2D eigenvalue weighted by molar-refractivity contribution is 7.41. The summed E-state index contributed by atoms with van der Waals surface area (Å²) in [4.78, 5) is 65.6. The zero-order chi connectivity index (χ0) is 45.7. The SMILES string of the molecule is CCOP(OC)OC(F)c1ccc2[nH]c(C(=O)NC(C)CCC(CC3CCC(C(=O)NC(C=O)CCC(=O)NC)N3C=O)NC)cc2c1.CNC(c1ccccc1)c1ccccc1.P. The van der Waals surface area contributed by atoms with E-state index in [9.17, 15) is 28.4 Å². The molecular weight excluding hydrogens is 859 g/mol. The average Bonchev–Trinajstić information content (AvgIpc) is 3.94. The molecule has 1 saturated heterocycles. The standard InChI is InChI=1S/C32H48FN6O8P.C14H15N.H3P/c1-6-46-48(45-5)47-30(33)21-8-12-26-22(15-21)16-27(38-26)31(43)36-20(2)7-9-23(34-3)17-25-11-13-28(39(25)19-41)32(44)37-24(18-40)10-14-29(42)35-4;1-15-14(12-8-4-2-5-9-12)13-10-6-3-7-11-13;/h8,12,15-16,18-20,23-25,28,30,34,38H,6-7,9-11,13-14,17H2,1-5H3,(H,35,42)(H,36,43)(H,37,44);2-11,14-15H,1H3;1H3. The van der Waals surface area contributed by atoms with Gasteiger partial charge in [0.15, 0.2) is 0 Å². The number of halogens is 1. The molecule has 8 unspecified atom stereocenters. The molecule has 5 rings (SSSR count). The minimum Gasteiger partial charge on any atom is -0.359 e. The first-order chi connectivity index (χ1) is 30.5. The summed E-state index contributed by atoms with van der Waals surface area (Å²) in [7, 11) is 4.89. The number of alkyl halides is 1. The van der Waals surface area contributed by atoms with Crippen molar-refractivity contribution in [3.05, 3.63) is 107 Å². The molecule has 0 bridgehead atoms. The predicted octanol–water partition coefficient (Wildman–Crippen LogP) is 6.19. The Labute approximate surface area is 380 Å². The average molecular weight is 926 g/mol. The lowest BCUT2D eigenvalue weighted by Crippen LogP contribution is -2.49. The molecule has 6 N–H and O–H groups in total. The molecule has 0 radical (unpaired) electrons. The summed E-state index contributed by atoms with van der Waals surface area (Å²) >= 11 is 0. The molecule has 15 nitrogen and oxygen atoms in total. The highest BCUT2D eigenvalue weighted by Crippen LogP contribution is 2.44. The van der Waals surface area contributed by atoms with Crippen LogP contribution in [0.3, 0.4) is 0 Å². The van der Waals surface area contributed by atoms with Crippen molar-refractivity contribution in [3.63, 3.8) is 0 Å². The zero-order valence-electron chi connectivity index (χ0n) is 37.7. The molecule has 1 aliphatic heterocycles. The highest BCUT2D eigenvalue weighted by atomic mass is 31.2. The normalized spacial score (nSPS) is 16.9. The van der Waals surface area contributed by atoms with E-state index in [0.29, 0.717) is 68.0 Å². The van der Waals surface area contributed by atoms with Crippen LogP contribution in [0.5, 0.6) is 0 Å². The number of nitrogens with zero attached hydrogens (tertiary/aromatic N) is 1. The van der Waals surface area contributed by atoms with E-state index in [4.69, 9.17) is 13.6 Å². The van der Waals surface area contributed by atoms with Gasteiger partial charge < -0.3 is 50.3 Å². The molecule has 1 aromatic heterocycles. The van der Waals surface area contributed by atoms with Crippen LogP contribution < -0.4 is 26.6 Å². The van der Waals surface area contributed by atoms with Crippen LogP contribution in [0.4, 0.5) is 4.39 Å². The summed E-state index contributed by atoms with van der Waals surface area (Å²) in [6, 6.07) is 25.9. The summed E-state index contributed by atoms with van der Waals surface area (Å²) in [5.41, 5.74) is 3.88. The Morgan fingerprint density at radius 1 is 0.891 bits per heavy atom. The molecule has 64 heavy (non-hydrogen) atoms. The largest absolute Gasteiger partial charge is 0.359 e. The fourth-order valence-corrected chi connectivity index (χ4v) is 8.30. The van der Waals surface area contributed by atoms with Crippen LogP contribution in [0.1, 0.15) is 98.4 Å². The van der Waals surface area contributed by atoms with Crippen molar-refractivity contribution in [1.29, 1.82) is 0 Å². The summed E-state index contributed by atoms with van der Waals surface area (Å²) in [6.45, 7) is 3.99. The summed E-state index contributed by atoms with van der Waals surface area (Å²) < 4.78 is 30.3. The number of aromatic nitrogens is 1. The smallest absolute Gasteiger partial charge is 0.335 e. The molecule has 8 atom stereocenters. The van der Waals surface area contributed by atoms with Crippen molar-refractivity contribution in [1.82, 2.24) is 36.5 Å². The van der Waals surface area contributed by atoms with E-state index in [0.717, 1.165) is 0 Å². The number of rotatable bonds is 24. The third-order valence-corrected chi connectivity index (χ3v) is 12.1. The quantitative estimate of drug-likeness (QED) is 0.0349. The molecule has 2 heterocycles. The number of amides is 4. The number of aromatic amines is 1. The molecule has 350 valence electrons. The number of carbonyl (C=O) groups is 5. The molecule has 4 aromatic rings. The van der Waals surface area contributed by atoms with E-state index in [-0.39, 0.29) is 64.3 Å². The first-order valence-corrected chi connectivity index (χ1v) is 22.4. The van der Waals surface area contributed by atoms with E-state index >= 15 is 0 Å². The van der Waals surface area contributed by atoms with E-state index in [1.165, 1.54) is 30.2 Å². The zero-order valence-corrected chi connectivity index (χ0v) is 40.0. The number of benzene rings is 3. The third kappa shape index (κ3) is 16.1. The Morgan fingerprint density at radius 2 is 1.56 bits per heavy atom. The fourth-order valence-electron chi connectivity index (χ4n) is 7.57. The van der Waals surface area contributed by atoms with Crippen LogP contribution in [-0.4, -0.2) is 105 Å². The van der Waals surface area contributed by atoms with E-state index in [1.807, 2.05) is 33.2 Å². The minimum absolute atomic E-state index is 0. The summed E-state index contributed by atoms with van der Waals surface area (Å²) in [6.07, 6.45) is 2.84. The molecule has 1 aliphatic rings. The van der Waals surface area contributed by atoms with Gasteiger partial charge in [0.25, 0.3) is 5.91 Å². The molecule has 1 fully saturated rings. The lowest BCUT2D eigenvalue weighted by Gasteiger charge is -2.29. The van der Waals surface area contributed by atoms with Crippen molar-refractivity contribution in [2.75, 3.05) is 34.9 Å². The predicted molar refractivity (Wildman–Crippen MR) is 253 cm³/mol. The number of fused-ring (bicyclic) bond motifs is 1. The van der Waals surface area contributed by atoms with Gasteiger partial charge in [-0.25, -0.2) is 4.39 Å². The third-order valence-electron chi connectivity index (χ3n) is 11.0. The summed E-state index contributed by atoms with van der Waals surface area (Å²) in [5.74, 6) is -0.941. The van der Waals surface area contributed by atoms with Crippen molar-refractivity contribution < 1.29 is 41.9 Å². The highest BCUT2D eigenvalue weighted by Gasteiger charge is 2.38. The van der Waals surface area contributed by atoms with Crippen LogP contribution in [-0.2, 0) is 32.7 Å². The molecule has 0 saturated carbocycles. The Balaban J connectivity index is 0.000000570. The van der Waals surface area contributed by atoms with Gasteiger partial charge in [0.05, 0.1) is 18.7 Å². The maximum atomic E-state index is 14.8. The van der Waals surface area contributed by atoms with E-state index < -0.39 is 33.0 Å². The maximum absolute atomic E-state index is 14.8. The number of H-pyrrole nitrogens is 1. The molecular formula is C46H66FN7O8P2. The van der Waals surface area contributed by atoms with Crippen molar-refractivity contribution in [2.24, 2.45) is 0 Å². The minimum atomic E-state index is -1.82. The molecule has 18 heteroatoms. The van der Waals surface area contributed by atoms with E-state index in [2.05, 4.69) is 80.1 Å². The number of carbonyl (C=O) groups excluding carboxylic acids is 5. The van der Waals surface area contributed by atoms with Gasteiger partial charge in [-0.1, -0.05) is 66.7 Å². The second-order valence-corrected chi connectivity index (χ2v) is 16.5. The lowest BCUT2D eigenvalue weighted by atomic mass is 9.99. The first kappa shape index (κ1) is 53.7. The Bertz CT molecular complexity index is 2000. The van der Waals surface area contributed by atoms with Gasteiger partial charge in [-0.2, -0.15) is 9.90 Å². The van der Waals surface area contributed by atoms with Crippen LogP contribution in [0.15, 0.2) is 84.9 Å². The second-order valence-electron chi connectivity index (χ2n) is 15.3. The fraction of sp³-hybridized carbons (Fsp3) is 0.457. The molecule has 4 amide bonds. The Kier molecular flexibility index (Phi) is 23.7. The molecule has 3 aromatic carbocycles. The van der Waals surface area contributed by atoms with Crippen LogP contribution in [0.25, 0.3) is 10.9 Å². The Morgan fingerprint density at radius 3 is 2.12 bits per heavy atom. The van der Waals surface area contributed by atoms with Gasteiger partial charge in [0.2, 0.25) is 24.6 Å². The van der Waals surface area contributed by atoms with Gasteiger partial charge in [0, 0.05) is 55.2 Å². The Hall–Kier alpha value is -4.66. The molecule has 0 spiro atoms. The van der Waals surface area contributed by atoms with Gasteiger partial charge in [-0.05, 0) is 95.8 Å². The number of likely N-dealkylation sites (tertiary alicyclic amines) is 1. The van der Waals surface area contributed by atoms with Crippen LogP contribution >= 0.6 is 18.5 Å². The van der Waals surface area contributed by atoms with Gasteiger partial charge in [0.1, 0.15) is 18.0 Å². The molecule has 0 aliphatic carbocycles. The number of nitrogens with one attached hydrogen (secondary N) is 6. The van der Waals surface area contributed by atoms with Crippen molar-refractivity contribution >= 4 is 59.8 Å². The van der Waals surface area contributed by atoms with Crippen LogP contribution in [0.2, 0.25) is 0 Å². The first-order valence-electron chi connectivity index (χ1n) is 21.3. The van der Waals surface area contributed by atoms with Gasteiger partial charge >= 0.3 is 8.60 Å². The topological polar surface area (TPSA) is 192 Å². The lowest BCUT2D eigenvalue weighted by molar-refractivity contribution is -0.133. The van der Waals surface area contributed by atoms with Crippen LogP contribution in [0, 0.1) is 0 Å². The van der Waals surface area contributed by atoms with E-state index in [1.54, 1.807) is 31.2 Å². The maximum Gasteiger partial charge on any atom is 0.335 e. The van der Waals surface area contributed by atoms with Crippen molar-refractivity contribution in [2.45, 2.75) is 101 Å². The number of hydrogen-bond donors (Lipinski definition) is 6. The van der Waals surface area contributed by atoms with Gasteiger partial charge in [-0.3, -0.25) is 23.7 Å². The number of aldehydes is 1. The second kappa shape index (κ2) is 28.3. The van der Waals surface area contributed by atoms with Gasteiger partial charge in [-0.15, -0.1) is 0 Å². The summed E-state index contributed by atoms with van der Waals surface area (Å²) in [5, 5.41) is 15.4.